The largest absolute Gasteiger partial charge is 0.339 e. The Kier molecular flexibility index (Phi) is 3.51. The van der Waals surface area contributed by atoms with Crippen molar-refractivity contribution in [2.24, 2.45) is 0 Å². The summed E-state index contributed by atoms with van der Waals surface area (Å²) in [5.41, 5.74) is 0. The van der Waals surface area contributed by atoms with Crippen LogP contribution in [0.2, 0.25) is 0 Å². The molecule has 21 heavy (non-hydrogen) atoms. The van der Waals surface area contributed by atoms with Gasteiger partial charge in [-0.1, -0.05) is 0 Å². The van der Waals surface area contributed by atoms with Gasteiger partial charge in [0.05, 0.1) is 18.4 Å². The lowest BCUT2D eigenvalue weighted by Gasteiger charge is -2.16. The summed E-state index contributed by atoms with van der Waals surface area (Å²) in [5, 5.41) is 6.98. The number of hydrogen-bond donors (Lipinski definition) is 1. The Hall–Kier alpha value is -2.51. The zero-order valence-electron chi connectivity index (χ0n) is 11.5. The van der Waals surface area contributed by atoms with Crippen molar-refractivity contribution in [1.82, 2.24) is 19.7 Å². The summed E-state index contributed by atoms with van der Waals surface area (Å²) < 4.78 is 14.7. The van der Waals surface area contributed by atoms with Crippen LogP contribution >= 0.6 is 0 Å². The highest BCUT2D eigenvalue weighted by atomic mass is 19.1. The maximum atomic E-state index is 12.8. The lowest BCUT2D eigenvalue weighted by Crippen LogP contribution is -2.23. The first-order valence-electron chi connectivity index (χ1n) is 6.67. The molecule has 7 nitrogen and oxygen atoms in total. The number of nitrogens with one attached hydrogen (secondary N) is 1. The minimum Gasteiger partial charge on any atom is -0.339 e. The molecule has 1 N–H and O–H groups in total. The molecule has 8 heteroatoms. The molecule has 1 atom stereocenters. The molecule has 1 fully saturated rings. The Labute approximate surface area is 120 Å². The molecule has 1 saturated heterocycles. The van der Waals surface area contributed by atoms with Crippen LogP contribution in [0.25, 0.3) is 0 Å². The topological polar surface area (TPSA) is 75.9 Å². The van der Waals surface area contributed by atoms with Crippen LogP contribution in [0.15, 0.2) is 24.7 Å². The number of carbonyl (C=O) groups excluding carboxylic acids is 1. The van der Waals surface area contributed by atoms with Crippen molar-refractivity contribution in [3.8, 4) is 0 Å². The summed E-state index contributed by atoms with van der Waals surface area (Å²) in [6, 6.07) is 1.94. The molecule has 0 spiro atoms. The predicted octanol–water partition coefficient (Wildman–Crippen LogP) is 1.22. The van der Waals surface area contributed by atoms with Crippen LogP contribution in [0.5, 0.6) is 0 Å². The van der Waals surface area contributed by atoms with Crippen molar-refractivity contribution in [3.05, 3.63) is 30.5 Å². The highest BCUT2D eigenvalue weighted by Crippen LogP contribution is 2.24. The van der Waals surface area contributed by atoms with Crippen LogP contribution in [0.4, 0.5) is 16.2 Å². The van der Waals surface area contributed by atoms with Gasteiger partial charge in [-0.25, -0.2) is 14.4 Å². The number of carbonyl (C=O) groups is 1. The molecular formula is C13H15FN6O. The minimum absolute atomic E-state index is 0.145. The van der Waals surface area contributed by atoms with E-state index in [0.29, 0.717) is 18.3 Å². The number of aromatic nitrogens is 4. The Morgan fingerprint density at radius 2 is 2.19 bits per heavy atom. The van der Waals surface area contributed by atoms with Crippen molar-refractivity contribution < 1.29 is 9.18 Å². The fourth-order valence-electron chi connectivity index (χ4n) is 2.40. The molecule has 3 rings (SSSR count). The smallest absolute Gasteiger partial charge is 0.225 e. The summed E-state index contributed by atoms with van der Waals surface area (Å²) >= 11 is 0. The van der Waals surface area contributed by atoms with Crippen LogP contribution in [0.1, 0.15) is 19.4 Å². The van der Waals surface area contributed by atoms with E-state index in [9.17, 15) is 9.18 Å². The Morgan fingerprint density at radius 1 is 1.43 bits per heavy atom. The van der Waals surface area contributed by atoms with Crippen LogP contribution in [0.3, 0.4) is 0 Å². The molecule has 1 unspecified atom stereocenters. The second kappa shape index (κ2) is 5.47. The van der Waals surface area contributed by atoms with Gasteiger partial charge in [0.1, 0.15) is 0 Å². The van der Waals surface area contributed by atoms with Crippen molar-refractivity contribution in [2.75, 3.05) is 23.3 Å². The Morgan fingerprint density at radius 3 is 2.90 bits per heavy atom. The van der Waals surface area contributed by atoms with Gasteiger partial charge >= 0.3 is 0 Å². The van der Waals surface area contributed by atoms with Gasteiger partial charge in [0, 0.05) is 32.3 Å². The normalized spacial score (nSPS) is 18.0. The maximum Gasteiger partial charge on any atom is 0.225 e. The zero-order valence-corrected chi connectivity index (χ0v) is 11.5. The fourth-order valence-corrected chi connectivity index (χ4v) is 2.40. The lowest BCUT2D eigenvalue weighted by atomic mass is 10.3. The molecule has 1 amide bonds. The highest BCUT2D eigenvalue weighted by molar-refractivity contribution is 5.87. The minimum atomic E-state index is -0.443. The van der Waals surface area contributed by atoms with Crippen molar-refractivity contribution in [2.45, 2.75) is 19.4 Å². The second-order valence-corrected chi connectivity index (χ2v) is 4.95. The number of hydrogen-bond acceptors (Lipinski definition) is 5. The van der Waals surface area contributed by atoms with Gasteiger partial charge in [-0.15, -0.1) is 0 Å². The van der Waals surface area contributed by atoms with E-state index < -0.39 is 5.82 Å². The number of nitrogens with zero attached hydrogens (tertiary/aromatic N) is 5. The molecule has 0 aromatic carbocycles. The van der Waals surface area contributed by atoms with E-state index in [1.807, 2.05) is 15.8 Å². The quantitative estimate of drug-likeness (QED) is 0.920. The summed E-state index contributed by atoms with van der Waals surface area (Å²) in [7, 11) is 0. The van der Waals surface area contributed by atoms with E-state index in [0.717, 1.165) is 13.0 Å². The van der Waals surface area contributed by atoms with Crippen LogP contribution in [0, 0.1) is 5.82 Å². The maximum absolute atomic E-state index is 12.8. The fraction of sp³-hybridized carbons (Fsp3) is 0.385. The summed E-state index contributed by atoms with van der Waals surface area (Å²) in [4.78, 5) is 21.0. The molecule has 2 aromatic rings. The van der Waals surface area contributed by atoms with Gasteiger partial charge in [-0.2, -0.15) is 5.10 Å². The van der Waals surface area contributed by atoms with Crippen LogP contribution in [-0.2, 0) is 4.79 Å². The molecule has 1 aliphatic heterocycles. The molecule has 2 aromatic heterocycles. The van der Waals surface area contributed by atoms with Gasteiger partial charge < -0.3 is 10.2 Å². The van der Waals surface area contributed by atoms with Gasteiger partial charge in [-0.3, -0.25) is 9.48 Å². The summed E-state index contributed by atoms with van der Waals surface area (Å²) in [5.74, 6) is 0.474. The third-order valence-electron chi connectivity index (χ3n) is 3.34. The number of rotatable bonds is 3. The van der Waals surface area contributed by atoms with Crippen molar-refractivity contribution in [1.29, 1.82) is 0 Å². The highest BCUT2D eigenvalue weighted by Gasteiger charge is 2.26. The van der Waals surface area contributed by atoms with E-state index in [1.165, 1.54) is 19.3 Å². The average molecular weight is 290 g/mol. The summed E-state index contributed by atoms with van der Waals surface area (Å²) in [6.07, 6.45) is 5.06. The number of halogens is 1. The van der Waals surface area contributed by atoms with Crippen molar-refractivity contribution in [3.63, 3.8) is 0 Å². The van der Waals surface area contributed by atoms with Crippen molar-refractivity contribution >= 4 is 17.7 Å². The van der Waals surface area contributed by atoms with Gasteiger partial charge in [-0.05, 0) is 6.42 Å². The van der Waals surface area contributed by atoms with Gasteiger partial charge in [0.15, 0.2) is 11.6 Å². The molecule has 110 valence electrons. The number of amides is 1. The van der Waals surface area contributed by atoms with Gasteiger partial charge in [0.25, 0.3) is 0 Å². The van der Waals surface area contributed by atoms with Crippen LogP contribution < -0.4 is 10.2 Å². The number of anilines is 2. The van der Waals surface area contributed by atoms with Gasteiger partial charge in [0.2, 0.25) is 11.9 Å². The Balaban J connectivity index is 1.67. The van der Waals surface area contributed by atoms with E-state index >= 15 is 0 Å². The lowest BCUT2D eigenvalue weighted by molar-refractivity contribution is -0.114. The third kappa shape index (κ3) is 2.99. The first-order valence-corrected chi connectivity index (χ1v) is 6.67. The second-order valence-electron chi connectivity index (χ2n) is 4.95. The molecule has 0 radical (unpaired) electrons. The molecule has 3 heterocycles. The predicted molar refractivity (Wildman–Crippen MR) is 74.4 cm³/mol. The average Bonchev–Trinajstić information content (AvgIpc) is 3.07. The summed E-state index contributed by atoms with van der Waals surface area (Å²) in [6.45, 7) is 2.93. The third-order valence-corrected chi connectivity index (χ3v) is 3.34. The van der Waals surface area contributed by atoms with E-state index in [2.05, 4.69) is 20.4 Å². The van der Waals surface area contributed by atoms with E-state index in [4.69, 9.17) is 0 Å². The molecule has 0 bridgehead atoms. The Bertz CT molecular complexity index is 640. The SMILES string of the molecule is CC(=O)Nc1ccn(C2CCN(c3ncc(F)cn3)C2)n1. The zero-order chi connectivity index (χ0) is 14.8. The molecular weight excluding hydrogens is 275 g/mol. The molecule has 0 saturated carbocycles. The standard InChI is InChI=1S/C13H15FN6O/c1-9(21)17-12-3-5-20(18-12)11-2-4-19(8-11)13-15-6-10(14)7-16-13/h3,5-7,11H,2,4,8H2,1H3,(H,17,18,21). The molecule has 1 aliphatic rings. The monoisotopic (exact) mass is 290 g/mol. The van der Waals surface area contributed by atoms with Crippen LogP contribution in [-0.4, -0.2) is 38.7 Å². The molecule has 0 aliphatic carbocycles. The van der Waals surface area contributed by atoms with E-state index in [1.54, 1.807) is 6.07 Å². The van der Waals surface area contributed by atoms with E-state index in [-0.39, 0.29) is 11.9 Å². The first-order chi connectivity index (χ1) is 10.1. The first kappa shape index (κ1) is 13.5.